The molecule has 3 nitrogen and oxygen atoms in total. The van der Waals surface area contributed by atoms with E-state index in [-0.39, 0.29) is 74.4 Å². The van der Waals surface area contributed by atoms with Crippen LogP contribution in [0.25, 0.3) is 0 Å². The van der Waals surface area contributed by atoms with Crippen LogP contribution >= 0.6 is 0 Å². The summed E-state index contributed by atoms with van der Waals surface area (Å²) in [6.07, 6.45) is 0. The third-order valence-corrected chi connectivity index (χ3v) is 0. The third kappa shape index (κ3) is 33.3. The molecule has 0 rings (SSSR count). The van der Waals surface area contributed by atoms with Crippen molar-refractivity contribution in [1.29, 1.82) is 0 Å². The Kier molecular flexibility index (Phi) is 27.1. The predicted octanol–water partition coefficient (Wildman–Crippen LogP) is -2.49. The van der Waals surface area contributed by atoms with E-state index in [1.165, 1.54) is 0 Å². The van der Waals surface area contributed by atoms with Crippen molar-refractivity contribution in [3.63, 3.8) is 0 Å². The Morgan fingerprint density at radius 3 is 1.33 bits per heavy atom. The van der Waals surface area contributed by atoms with E-state index >= 15 is 0 Å². The molecule has 6 heavy (non-hydrogen) atoms. The van der Waals surface area contributed by atoms with E-state index in [0.29, 0.717) is 0 Å². The fourth-order valence-corrected chi connectivity index (χ4v) is 0. The Morgan fingerprint density at radius 1 is 1.33 bits per heavy atom. The van der Waals surface area contributed by atoms with Gasteiger partial charge in [0.15, 0.2) is 0 Å². The maximum absolute atomic E-state index is 8.59. The molecule has 0 radical (unpaired) electrons. The fraction of sp³-hybridized carbons (Fsp3) is 0. The maximum atomic E-state index is 8.59. The van der Waals surface area contributed by atoms with E-state index in [2.05, 4.69) is 0 Å². The summed E-state index contributed by atoms with van der Waals surface area (Å²) in [6, 6.07) is 0. The quantitative estimate of drug-likeness (QED) is 0.227. The van der Waals surface area contributed by atoms with Gasteiger partial charge in [-0.25, -0.2) is 8.42 Å². The summed E-state index contributed by atoms with van der Waals surface area (Å²) in [5.74, 6) is 0. The van der Waals surface area contributed by atoms with Crippen molar-refractivity contribution in [2.45, 2.75) is 0 Å². The smallest absolute Gasteiger partial charge is 0.316 e. The van der Waals surface area contributed by atoms with Crippen molar-refractivity contribution in [2.24, 2.45) is 0 Å². The Balaban J connectivity index is -0.0000000450. The van der Waals surface area contributed by atoms with Gasteiger partial charge in [-0.2, -0.15) is 0 Å². The van der Waals surface area contributed by atoms with Gasteiger partial charge in [0.1, 0.15) is 0 Å². The summed E-state index contributed by atoms with van der Waals surface area (Å²) in [4.78, 5) is 0. The first-order chi connectivity index (χ1) is 1.73. The van der Waals surface area contributed by atoms with Crippen LogP contribution in [0.3, 0.4) is 0 Å². The second-order valence-electron chi connectivity index (χ2n) is 0.238. The zero-order valence-electron chi connectivity index (χ0n) is 1.71. The van der Waals surface area contributed by atoms with Gasteiger partial charge in [-0.05, 0) is 0 Å². The number of rotatable bonds is 0. The molecule has 0 amide bonds. The third-order valence-electron chi connectivity index (χ3n) is 0. The molecule has 6 heteroatoms. The first-order valence-corrected chi connectivity index (χ1v) is 1.70. The molecule has 0 saturated carbocycles. The Morgan fingerprint density at radius 2 is 1.33 bits per heavy atom. The molecule has 0 bridgehead atoms. The van der Waals surface area contributed by atoms with Crippen molar-refractivity contribution in [1.82, 2.24) is 0 Å². The Hall–Kier alpha value is 2.31. The molecule has 0 unspecified atom stereocenters. The predicted molar refractivity (Wildman–Crippen MR) is 28.6 cm³/mol. The van der Waals surface area contributed by atoms with Gasteiger partial charge < -0.3 is 0 Å². The average Bonchev–Trinajstić information content (AvgIpc) is 0.811. The van der Waals surface area contributed by atoms with Crippen LogP contribution in [-0.2, 0) is 11.0 Å². The van der Waals surface area contributed by atoms with Crippen LogP contribution in [0.2, 0.25) is 0 Å². The molecule has 1 N–H and O–H groups in total. The van der Waals surface area contributed by atoms with Gasteiger partial charge in [0, 0.05) is 0 Å². The van der Waals surface area contributed by atoms with Gasteiger partial charge in [0.05, 0.1) is 0 Å². The van der Waals surface area contributed by atoms with E-state index in [9.17, 15) is 0 Å². The molecule has 0 heterocycles. The SMILES string of the molecule is O=[SH](=O)O.[KH].[MgH2]. The van der Waals surface area contributed by atoms with Gasteiger partial charge in [-0.3, -0.25) is 4.55 Å². The fourth-order valence-electron chi connectivity index (χ4n) is 0. The zero-order chi connectivity index (χ0) is 3.58. The minimum atomic E-state index is -3.12. The minimum absolute atomic E-state index is 0. The minimum Gasteiger partial charge on any atom is 0.316 e. The summed E-state index contributed by atoms with van der Waals surface area (Å²) in [5.41, 5.74) is 0. The van der Waals surface area contributed by atoms with E-state index in [1.807, 2.05) is 0 Å². The van der Waals surface area contributed by atoms with Crippen LogP contribution in [0, 0.1) is 0 Å². The van der Waals surface area contributed by atoms with Gasteiger partial charge in [0.2, 0.25) is 0 Å². The molecule has 0 fully saturated rings. The molecular weight excluding hydrogens is 143 g/mol. The van der Waals surface area contributed by atoms with Gasteiger partial charge in [0.25, 0.3) is 11.0 Å². The van der Waals surface area contributed by atoms with Crippen LogP contribution in [0.4, 0.5) is 0 Å². The molecule has 0 aromatic heterocycles. The molecule has 0 aliphatic rings. The average molecular weight is 149 g/mol. The van der Waals surface area contributed by atoms with Crippen molar-refractivity contribution in [3.05, 3.63) is 0 Å². The normalized spacial score (nSPS) is 5.67. The number of hydrogen-bond acceptors (Lipinski definition) is 2. The van der Waals surface area contributed by atoms with Crippen LogP contribution in [0.5, 0.6) is 0 Å². The molecular formula is H5KMgO3S. The summed E-state index contributed by atoms with van der Waals surface area (Å²) >= 11 is 0. The second-order valence-corrected chi connectivity index (χ2v) is 0.714. The molecule has 0 aromatic carbocycles. The topological polar surface area (TPSA) is 54.4 Å². The van der Waals surface area contributed by atoms with E-state index in [0.717, 1.165) is 0 Å². The van der Waals surface area contributed by atoms with Crippen molar-refractivity contribution in [2.75, 3.05) is 0 Å². The monoisotopic (exact) mass is 148 g/mol. The second kappa shape index (κ2) is 10.3. The molecule has 0 spiro atoms. The van der Waals surface area contributed by atoms with Crippen molar-refractivity contribution < 1.29 is 13.0 Å². The van der Waals surface area contributed by atoms with Crippen molar-refractivity contribution >= 4 is 85.4 Å². The van der Waals surface area contributed by atoms with Gasteiger partial charge in [-0.1, -0.05) is 0 Å². The largest absolute Gasteiger partial charge is 0.316 e. The first-order valence-electron chi connectivity index (χ1n) is 0.565. The Labute approximate surface area is 96.2 Å². The van der Waals surface area contributed by atoms with Crippen LogP contribution in [-0.4, -0.2) is 87.4 Å². The summed E-state index contributed by atoms with van der Waals surface area (Å²) in [6.45, 7) is 0. The molecule has 32 valence electrons. The summed E-state index contributed by atoms with van der Waals surface area (Å²) in [7, 11) is -3.12. The van der Waals surface area contributed by atoms with Crippen LogP contribution in [0.15, 0.2) is 0 Å². The summed E-state index contributed by atoms with van der Waals surface area (Å²) < 4.78 is 24.2. The summed E-state index contributed by atoms with van der Waals surface area (Å²) in [5, 5.41) is 0. The molecule has 0 atom stereocenters. The van der Waals surface area contributed by atoms with Gasteiger partial charge >= 0.3 is 74.4 Å². The maximum Gasteiger partial charge on any atom is 0.316 e. The Bertz CT molecular complexity index is 59.2. The molecule has 0 aliphatic heterocycles. The van der Waals surface area contributed by atoms with Crippen molar-refractivity contribution in [3.8, 4) is 0 Å². The molecule has 0 aliphatic carbocycles. The number of hydrogen-bond donors (Lipinski definition) is 2. The molecule has 0 aromatic rings. The number of thiol groups is 1. The van der Waals surface area contributed by atoms with Gasteiger partial charge in [-0.15, -0.1) is 0 Å². The van der Waals surface area contributed by atoms with Crippen LogP contribution in [0.1, 0.15) is 0 Å². The zero-order valence-corrected chi connectivity index (χ0v) is 2.61. The molecule has 0 saturated heterocycles. The first kappa shape index (κ1) is 15.7. The van der Waals surface area contributed by atoms with Crippen LogP contribution < -0.4 is 0 Å². The van der Waals surface area contributed by atoms with E-state index < -0.39 is 11.0 Å². The van der Waals surface area contributed by atoms with E-state index in [1.54, 1.807) is 0 Å². The van der Waals surface area contributed by atoms with E-state index in [4.69, 9.17) is 13.0 Å². The standard InChI is InChI=1S/K.Mg.H2O3S.3H/c;;1-4(2)3;;;/h;;4H,(H,1,2,3);;;.